The lowest BCUT2D eigenvalue weighted by molar-refractivity contribution is 0.100. The van der Waals surface area contributed by atoms with Crippen LogP contribution in [0.1, 0.15) is 104 Å². The number of halogens is 7. The van der Waals surface area contributed by atoms with Crippen LogP contribution in [-0.4, -0.2) is 64.6 Å². The van der Waals surface area contributed by atoms with E-state index < -0.39 is 23.3 Å². The lowest BCUT2D eigenvalue weighted by Gasteiger charge is -2.04. The number of carbonyl (C=O) groups is 6. The zero-order valence-electron chi connectivity index (χ0n) is 71.3. The van der Waals surface area contributed by atoms with Gasteiger partial charge >= 0.3 is 0 Å². The third kappa shape index (κ3) is 26.2. The summed E-state index contributed by atoms with van der Waals surface area (Å²) in [4.78, 5) is 92.9. The number of hydrogen-bond donors (Lipinski definition) is 6. The lowest BCUT2D eigenvalue weighted by Crippen LogP contribution is -1.97. The average Bonchev–Trinajstić information content (AvgIpc) is 1.71. The van der Waals surface area contributed by atoms with Gasteiger partial charge in [0.15, 0.2) is 69.3 Å². The fraction of sp³-hybridized carbons (Fsp3) is 0.0588. The second kappa shape index (κ2) is 44.1. The maximum Gasteiger partial charge on any atom is 0.299 e. The van der Waals surface area contributed by atoms with E-state index in [1.165, 1.54) is 95.7 Å². The largest absolute Gasteiger partial charge is 0.423 e. The van der Waals surface area contributed by atoms with E-state index in [0.717, 1.165) is 52.2 Å². The molecule has 0 saturated carbocycles. The number of oxazole rings is 6. The van der Waals surface area contributed by atoms with Crippen LogP contribution in [0, 0.1) is 40.7 Å². The minimum Gasteiger partial charge on any atom is -0.423 e. The van der Waals surface area contributed by atoms with Gasteiger partial charge in [0.1, 0.15) is 46.4 Å². The Morgan fingerprint density at radius 2 is 0.481 bits per heavy atom. The third-order valence-electron chi connectivity index (χ3n) is 19.0. The molecule has 24 nitrogen and oxygen atoms in total. The number of ketones is 6. The van der Waals surface area contributed by atoms with E-state index in [0.29, 0.717) is 102 Å². The maximum absolute atomic E-state index is 13.6. The van der Waals surface area contributed by atoms with Gasteiger partial charge in [-0.1, -0.05) is 152 Å². The summed E-state index contributed by atoms with van der Waals surface area (Å²) in [5.41, 5.74) is 10.1. The van der Waals surface area contributed by atoms with Crippen LogP contribution in [0.15, 0.2) is 349 Å². The Morgan fingerprint density at radius 1 is 0.218 bits per heavy atom. The van der Waals surface area contributed by atoms with Gasteiger partial charge in [-0.15, -0.1) is 0 Å². The summed E-state index contributed by atoms with van der Waals surface area (Å²) in [6.45, 7) is 9.02. The van der Waals surface area contributed by atoms with Gasteiger partial charge in [-0.25, -0.2) is 60.6 Å². The van der Waals surface area contributed by atoms with Crippen molar-refractivity contribution in [1.29, 1.82) is 0 Å². The number of nitrogens with zero attached hydrogens (tertiary/aromatic N) is 6. The second-order valence-corrected chi connectivity index (χ2v) is 28.8. The molecular weight excluding hydrogens is 1720 g/mol. The van der Waals surface area contributed by atoms with Gasteiger partial charge in [0, 0.05) is 89.9 Å². The molecular formula is C102H77F7N12O12. The Kier molecular flexibility index (Phi) is 30.8. The Labute approximate surface area is 754 Å². The molecule has 12 aromatic carbocycles. The Hall–Kier alpha value is -17.8. The van der Waals surface area contributed by atoms with Crippen LogP contribution in [-0.2, 0) is 0 Å². The van der Waals surface area contributed by atoms with Crippen LogP contribution in [0.2, 0.25) is 0 Å². The van der Waals surface area contributed by atoms with Gasteiger partial charge in [-0.2, -0.15) is 0 Å². The predicted molar refractivity (Wildman–Crippen MR) is 490 cm³/mol. The average molecular weight is 1800 g/mol. The van der Waals surface area contributed by atoms with Crippen molar-refractivity contribution in [1.82, 2.24) is 29.9 Å². The number of para-hydroxylation sites is 3. The second-order valence-electron chi connectivity index (χ2n) is 28.8. The van der Waals surface area contributed by atoms with E-state index in [9.17, 15) is 59.5 Å². The van der Waals surface area contributed by atoms with Crippen molar-refractivity contribution in [3.8, 4) is 67.9 Å². The molecule has 0 saturated heterocycles. The Balaban J connectivity index is 0.000000136. The van der Waals surface area contributed by atoms with Crippen molar-refractivity contribution in [2.75, 3.05) is 31.9 Å². The number of nitrogens with one attached hydrogen (secondary N) is 6. The van der Waals surface area contributed by atoms with E-state index >= 15 is 0 Å². The summed E-state index contributed by atoms with van der Waals surface area (Å²) < 4.78 is 127. The first-order valence-corrected chi connectivity index (χ1v) is 40.4. The highest BCUT2D eigenvalue weighted by atomic mass is 19.2. The molecule has 0 spiro atoms. The molecule has 6 N–H and O–H groups in total. The van der Waals surface area contributed by atoms with Gasteiger partial charge in [0.25, 0.3) is 36.1 Å². The minimum atomic E-state index is -0.747. The van der Waals surface area contributed by atoms with Crippen molar-refractivity contribution in [2.24, 2.45) is 0 Å². The quantitative estimate of drug-likeness (QED) is 0.0242. The Morgan fingerprint density at radius 3 is 0.812 bits per heavy atom. The summed E-state index contributed by atoms with van der Waals surface area (Å²) in [5.74, 6) is -1.07. The smallest absolute Gasteiger partial charge is 0.299 e. The van der Waals surface area contributed by atoms with E-state index in [2.05, 4.69) is 61.8 Å². The molecule has 18 aromatic rings. The summed E-state index contributed by atoms with van der Waals surface area (Å²) in [6.07, 6.45) is 9.18. The minimum absolute atomic E-state index is 0.00831. The van der Waals surface area contributed by atoms with Crippen LogP contribution in [0.3, 0.4) is 0 Å². The van der Waals surface area contributed by atoms with Gasteiger partial charge < -0.3 is 58.4 Å². The molecule has 0 aliphatic rings. The number of anilines is 12. The van der Waals surface area contributed by atoms with E-state index in [4.69, 9.17) is 26.5 Å². The highest BCUT2D eigenvalue weighted by Crippen LogP contribution is 2.34. The number of benzene rings is 12. The molecule has 6 aromatic heterocycles. The standard InChI is InChI=1S/2C17H12F2N2O2.3C17H13FN2O2.C17H14N2O2/c1-10(22)11-4-2-5-12(8-11)15-9-20-17(23-15)21-16-13(18)6-3-7-14(16)19;1-10(22)11-3-2-4-12(7-11)16-9-20-17(23-16)21-15-6-5-13(18)8-14(15)19;1-11(21)12-4-2-5-13(8-12)16-10-19-17(22-16)20-15-7-3-6-14(18)9-15;1-11(21)12-5-4-6-13(9-12)16-10-19-17(22-16)20-15-8-3-2-7-14(15)18;1-11(21)12-3-2-4-13(9-12)16-10-19-17(22-16)20-15-7-5-14(18)6-8-15;1-12(20)13-6-5-7-14(10-13)16-11-18-17(21-16)19-15-8-3-2-4-9-15/h2*2-9H,1H3,(H,20,21);3*2-10H,1H3,(H,19,20);2-11H,1H3,(H,18,19). The summed E-state index contributed by atoms with van der Waals surface area (Å²) >= 11 is 0. The van der Waals surface area contributed by atoms with Gasteiger partial charge in [-0.05, 0) is 169 Å². The highest BCUT2D eigenvalue weighted by molar-refractivity contribution is 5.98. The molecule has 31 heteroatoms. The monoisotopic (exact) mass is 1790 g/mol. The lowest BCUT2D eigenvalue weighted by atomic mass is 10.1. The number of aromatic nitrogens is 6. The molecule has 0 fully saturated rings. The van der Waals surface area contributed by atoms with Crippen LogP contribution >= 0.6 is 0 Å². The first-order chi connectivity index (χ1) is 64.1. The van der Waals surface area contributed by atoms with Crippen LogP contribution in [0.25, 0.3) is 67.9 Å². The molecule has 0 radical (unpaired) electrons. The molecule has 0 atom stereocenters. The van der Waals surface area contributed by atoms with Crippen LogP contribution < -0.4 is 31.9 Å². The molecule has 0 unspecified atom stereocenters. The van der Waals surface area contributed by atoms with Crippen molar-refractivity contribution in [2.45, 2.75) is 41.5 Å². The molecule has 0 bridgehead atoms. The van der Waals surface area contributed by atoms with Crippen LogP contribution in [0.4, 0.5) is 101 Å². The number of Topliss-reactive ketones (excluding diaryl/α,β-unsaturated/α-hetero) is 6. The van der Waals surface area contributed by atoms with Crippen molar-refractivity contribution < 1.29 is 86.0 Å². The predicted octanol–water partition coefficient (Wildman–Crippen LogP) is 26.7. The number of carbonyl (C=O) groups excluding carboxylic acids is 6. The van der Waals surface area contributed by atoms with Gasteiger partial charge in [0.2, 0.25) is 0 Å². The van der Waals surface area contributed by atoms with E-state index in [1.807, 2.05) is 60.7 Å². The summed E-state index contributed by atoms with van der Waals surface area (Å²) in [6, 6.07) is 78.0. The number of hydrogen-bond acceptors (Lipinski definition) is 24. The zero-order chi connectivity index (χ0) is 94.0. The fourth-order valence-electron chi connectivity index (χ4n) is 12.2. The third-order valence-corrected chi connectivity index (χ3v) is 19.0. The molecule has 666 valence electrons. The van der Waals surface area contributed by atoms with Gasteiger partial charge in [-0.3, -0.25) is 28.8 Å². The molecule has 0 aliphatic carbocycles. The molecule has 133 heavy (non-hydrogen) atoms. The van der Waals surface area contributed by atoms with E-state index in [1.54, 1.807) is 183 Å². The zero-order valence-corrected chi connectivity index (χ0v) is 71.3. The summed E-state index contributed by atoms with van der Waals surface area (Å²) in [5, 5.41) is 16.8. The maximum atomic E-state index is 13.6. The van der Waals surface area contributed by atoms with Gasteiger partial charge in [0.05, 0.1) is 48.6 Å². The highest BCUT2D eigenvalue weighted by Gasteiger charge is 2.19. The SMILES string of the molecule is CC(=O)c1cccc(-c2cnc(Nc3c(F)cccc3F)o2)c1.CC(=O)c1cccc(-c2cnc(Nc3ccc(F)cc3)o2)c1.CC(=O)c1cccc(-c2cnc(Nc3ccc(F)cc3F)o2)c1.CC(=O)c1cccc(-c2cnc(Nc3cccc(F)c3)o2)c1.CC(=O)c1cccc(-c2cnc(Nc3ccccc3)o2)c1.CC(=O)c1cccc(-c2cnc(Nc3ccccc3F)o2)c1. The first kappa shape index (κ1) is 92.9. The van der Waals surface area contributed by atoms with E-state index in [-0.39, 0.29) is 93.3 Å². The normalized spacial score (nSPS) is 10.5. The van der Waals surface area contributed by atoms with Crippen molar-refractivity contribution in [3.63, 3.8) is 0 Å². The van der Waals surface area contributed by atoms with Crippen LogP contribution in [0.5, 0.6) is 0 Å². The van der Waals surface area contributed by atoms with Crippen molar-refractivity contribution >= 4 is 105 Å². The Bertz CT molecular complexity index is 7130. The molecule has 0 aliphatic heterocycles. The fourth-order valence-corrected chi connectivity index (χ4v) is 12.2. The first-order valence-electron chi connectivity index (χ1n) is 40.4. The summed E-state index contributed by atoms with van der Waals surface area (Å²) in [7, 11) is 0. The molecule has 6 heterocycles. The van der Waals surface area contributed by atoms with Crippen molar-refractivity contribution in [3.05, 3.63) is 396 Å². The molecule has 0 amide bonds. The topological polar surface area (TPSA) is 331 Å². The molecule has 18 rings (SSSR count). The number of rotatable bonds is 24.